The largest absolute Gasteiger partial charge is 0.368 e. The molecule has 2 aromatic heterocycles. The molecule has 0 radical (unpaired) electrons. The Balaban J connectivity index is 1.85. The van der Waals surface area contributed by atoms with Gasteiger partial charge in [0.05, 0.1) is 6.33 Å². The number of hydrogen-bond acceptors (Lipinski definition) is 5. The van der Waals surface area contributed by atoms with Crippen molar-refractivity contribution in [1.29, 1.82) is 0 Å². The molecular weight excluding hydrogens is 265 g/mol. The number of rotatable bonds is 3. The van der Waals surface area contributed by atoms with Crippen LogP contribution in [0, 0.1) is 5.82 Å². The Labute approximate surface area is 112 Å². The van der Waals surface area contributed by atoms with Gasteiger partial charge in [0.15, 0.2) is 5.65 Å². The Morgan fingerprint density at radius 3 is 2.79 bits per heavy atom. The van der Waals surface area contributed by atoms with Gasteiger partial charge < -0.3 is 10.7 Å². The van der Waals surface area contributed by atoms with E-state index in [1.165, 1.54) is 23.9 Å². The number of aromatic nitrogens is 4. The third-order valence-corrected chi connectivity index (χ3v) is 3.61. The second kappa shape index (κ2) is 4.85. The lowest BCUT2D eigenvalue weighted by atomic mass is 10.2. The van der Waals surface area contributed by atoms with Crippen LogP contribution in [-0.4, -0.2) is 19.9 Å². The van der Waals surface area contributed by atoms with E-state index in [1.54, 1.807) is 18.5 Å². The van der Waals surface area contributed by atoms with Crippen molar-refractivity contribution in [3.05, 3.63) is 42.0 Å². The third-order valence-electron chi connectivity index (χ3n) is 2.56. The van der Waals surface area contributed by atoms with Gasteiger partial charge in [-0.1, -0.05) is 23.9 Å². The first-order chi connectivity index (χ1) is 9.22. The van der Waals surface area contributed by atoms with E-state index in [-0.39, 0.29) is 11.8 Å². The van der Waals surface area contributed by atoms with E-state index in [1.807, 2.05) is 0 Å². The molecule has 2 heterocycles. The lowest BCUT2D eigenvalue weighted by molar-refractivity contribution is 0.627. The van der Waals surface area contributed by atoms with E-state index in [2.05, 4.69) is 19.9 Å². The average molecular weight is 275 g/mol. The number of imidazole rings is 1. The minimum atomic E-state index is -0.240. The van der Waals surface area contributed by atoms with Gasteiger partial charge in [-0.25, -0.2) is 14.4 Å². The molecule has 0 unspecified atom stereocenters. The van der Waals surface area contributed by atoms with Crippen LogP contribution in [0.3, 0.4) is 0 Å². The molecule has 0 atom stereocenters. The standard InChI is InChI=1S/C12H10FN5S/c13-8-3-1-7(2-4-8)5-19-11-9-10(16-6-15-9)17-12(14)18-11/h1-4,6H,5H2,(H3,14,15,16,17,18). The smallest absolute Gasteiger partial charge is 0.223 e. The highest BCUT2D eigenvalue weighted by atomic mass is 32.2. The van der Waals surface area contributed by atoms with Gasteiger partial charge in [-0.2, -0.15) is 4.98 Å². The van der Waals surface area contributed by atoms with E-state index >= 15 is 0 Å². The predicted molar refractivity (Wildman–Crippen MR) is 72.1 cm³/mol. The Bertz CT molecular complexity index is 710. The summed E-state index contributed by atoms with van der Waals surface area (Å²) in [5, 5.41) is 0.740. The van der Waals surface area contributed by atoms with E-state index in [0.717, 1.165) is 16.1 Å². The highest BCUT2D eigenvalue weighted by Gasteiger charge is 2.09. The molecule has 0 amide bonds. The van der Waals surface area contributed by atoms with Crippen molar-refractivity contribution in [2.24, 2.45) is 0 Å². The molecule has 19 heavy (non-hydrogen) atoms. The minimum Gasteiger partial charge on any atom is -0.368 e. The number of aromatic amines is 1. The van der Waals surface area contributed by atoms with Gasteiger partial charge in [-0.3, -0.25) is 0 Å². The van der Waals surface area contributed by atoms with Crippen LogP contribution >= 0.6 is 11.8 Å². The van der Waals surface area contributed by atoms with Crippen molar-refractivity contribution in [2.75, 3.05) is 5.73 Å². The van der Waals surface area contributed by atoms with Gasteiger partial charge in [-0.05, 0) is 17.7 Å². The van der Waals surface area contributed by atoms with Crippen LogP contribution in [-0.2, 0) is 5.75 Å². The zero-order valence-corrected chi connectivity index (χ0v) is 10.6. The van der Waals surface area contributed by atoms with E-state index < -0.39 is 0 Å². The molecule has 7 heteroatoms. The van der Waals surface area contributed by atoms with Crippen LogP contribution in [0.25, 0.3) is 11.2 Å². The highest BCUT2D eigenvalue weighted by molar-refractivity contribution is 7.98. The van der Waals surface area contributed by atoms with Crippen molar-refractivity contribution in [3.63, 3.8) is 0 Å². The number of thioether (sulfide) groups is 1. The molecule has 3 aromatic rings. The maximum absolute atomic E-state index is 12.8. The summed E-state index contributed by atoms with van der Waals surface area (Å²) >= 11 is 1.50. The Hall–Kier alpha value is -2.15. The van der Waals surface area contributed by atoms with E-state index in [0.29, 0.717) is 11.4 Å². The van der Waals surface area contributed by atoms with E-state index in [4.69, 9.17) is 5.73 Å². The monoisotopic (exact) mass is 275 g/mol. The Morgan fingerprint density at radius 1 is 1.21 bits per heavy atom. The molecular formula is C12H10FN5S. The molecule has 96 valence electrons. The van der Waals surface area contributed by atoms with Gasteiger partial charge in [0.1, 0.15) is 16.4 Å². The van der Waals surface area contributed by atoms with Gasteiger partial charge in [0.2, 0.25) is 5.95 Å². The summed E-state index contributed by atoms with van der Waals surface area (Å²) in [6.07, 6.45) is 1.56. The molecule has 3 N–H and O–H groups in total. The fraction of sp³-hybridized carbons (Fsp3) is 0.0833. The zero-order valence-electron chi connectivity index (χ0n) is 9.80. The second-order valence-corrected chi connectivity index (χ2v) is 4.87. The van der Waals surface area contributed by atoms with Crippen LogP contribution < -0.4 is 5.73 Å². The molecule has 5 nitrogen and oxygen atoms in total. The Kier molecular flexibility index (Phi) is 3.04. The number of hydrogen-bond donors (Lipinski definition) is 2. The fourth-order valence-electron chi connectivity index (χ4n) is 1.66. The summed E-state index contributed by atoms with van der Waals surface area (Å²) in [6.45, 7) is 0. The zero-order chi connectivity index (χ0) is 13.2. The number of nitrogens with zero attached hydrogens (tertiary/aromatic N) is 3. The molecule has 0 bridgehead atoms. The third kappa shape index (κ3) is 2.50. The fourth-order valence-corrected chi connectivity index (χ4v) is 2.61. The van der Waals surface area contributed by atoms with Crippen LogP contribution in [0.4, 0.5) is 10.3 Å². The lowest BCUT2D eigenvalue weighted by Crippen LogP contribution is -1.97. The summed E-state index contributed by atoms with van der Waals surface area (Å²) in [7, 11) is 0. The Morgan fingerprint density at radius 2 is 2.00 bits per heavy atom. The SMILES string of the molecule is Nc1nc(SCc2ccc(F)cc2)c2[nH]cnc2n1. The van der Waals surface area contributed by atoms with Crippen molar-refractivity contribution in [1.82, 2.24) is 19.9 Å². The number of halogens is 1. The summed E-state index contributed by atoms with van der Waals surface area (Å²) in [4.78, 5) is 15.3. The maximum atomic E-state index is 12.8. The minimum absolute atomic E-state index is 0.196. The molecule has 0 spiro atoms. The lowest BCUT2D eigenvalue weighted by Gasteiger charge is -2.03. The summed E-state index contributed by atoms with van der Waals surface area (Å²) in [6, 6.07) is 6.38. The molecule has 1 aromatic carbocycles. The van der Waals surface area contributed by atoms with Crippen molar-refractivity contribution >= 4 is 28.9 Å². The first kappa shape index (κ1) is 11.9. The average Bonchev–Trinajstić information content (AvgIpc) is 2.85. The molecule has 3 rings (SSSR count). The number of benzene rings is 1. The summed E-state index contributed by atoms with van der Waals surface area (Å²) in [5.74, 6) is 0.627. The molecule has 0 aliphatic rings. The number of nitrogens with two attached hydrogens (primary N) is 1. The number of fused-ring (bicyclic) bond motifs is 1. The number of nitrogen functional groups attached to an aromatic ring is 1. The maximum Gasteiger partial charge on any atom is 0.223 e. The second-order valence-electron chi connectivity index (χ2n) is 3.90. The quantitative estimate of drug-likeness (QED) is 0.566. The van der Waals surface area contributed by atoms with Gasteiger partial charge in [0.25, 0.3) is 0 Å². The highest BCUT2D eigenvalue weighted by Crippen LogP contribution is 2.26. The predicted octanol–water partition coefficient (Wildman–Crippen LogP) is 2.37. The van der Waals surface area contributed by atoms with Gasteiger partial charge >= 0.3 is 0 Å². The van der Waals surface area contributed by atoms with Crippen molar-refractivity contribution in [2.45, 2.75) is 10.8 Å². The molecule has 0 aliphatic heterocycles. The normalized spacial score (nSPS) is 11.0. The van der Waals surface area contributed by atoms with Crippen LogP contribution in [0.5, 0.6) is 0 Å². The topological polar surface area (TPSA) is 80.5 Å². The number of H-pyrrole nitrogens is 1. The summed E-state index contributed by atoms with van der Waals surface area (Å²) in [5.41, 5.74) is 7.96. The van der Waals surface area contributed by atoms with Gasteiger partial charge in [-0.15, -0.1) is 0 Å². The van der Waals surface area contributed by atoms with Crippen molar-refractivity contribution < 1.29 is 4.39 Å². The first-order valence-corrected chi connectivity index (χ1v) is 6.55. The van der Waals surface area contributed by atoms with Crippen molar-refractivity contribution in [3.8, 4) is 0 Å². The van der Waals surface area contributed by atoms with Crippen LogP contribution in [0.15, 0.2) is 35.6 Å². The number of nitrogens with one attached hydrogen (secondary N) is 1. The van der Waals surface area contributed by atoms with E-state index in [9.17, 15) is 4.39 Å². The molecule has 0 saturated carbocycles. The molecule has 0 saturated heterocycles. The molecule has 0 fully saturated rings. The van der Waals surface area contributed by atoms with Gasteiger partial charge in [0, 0.05) is 5.75 Å². The number of anilines is 1. The van der Waals surface area contributed by atoms with Crippen LogP contribution in [0.1, 0.15) is 5.56 Å². The first-order valence-electron chi connectivity index (χ1n) is 5.56. The summed E-state index contributed by atoms with van der Waals surface area (Å²) < 4.78 is 12.8. The van der Waals surface area contributed by atoms with Crippen LogP contribution in [0.2, 0.25) is 0 Å². The molecule has 0 aliphatic carbocycles.